The molecular formula is C8H12ClNO. The van der Waals surface area contributed by atoms with Crippen LogP contribution in [0.15, 0.2) is 16.9 Å². The number of oxazole rings is 1. The van der Waals surface area contributed by atoms with Crippen LogP contribution in [0.2, 0.25) is 0 Å². The van der Waals surface area contributed by atoms with Gasteiger partial charge in [-0.05, 0) is 12.8 Å². The molecule has 1 aromatic rings. The van der Waals surface area contributed by atoms with Gasteiger partial charge in [-0.3, -0.25) is 0 Å². The van der Waals surface area contributed by atoms with Crippen LogP contribution in [0.4, 0.5) is 0 Å². The molecule has 0 amide bonds. The highest BCUT2D eigenvalue weighted by Gasteiger charge is 2.20. The molecule has 1 aliphatic rings. The molecule has 11 heavy (non-hydrogen) atoms. The number of rotatable bonds is 1. The maximum Gasteiger partial charge on any atom is 0.197 e. The van der Waals surface area contributed by atoms with E-state index in [2.05, 4.69) is 4.98 Å². The predicted molar refractivity (Wildman–Crippen MR) is 45.0 cm³/mol. The van der Waals surface area contributed by atoms with Crippen molar-refractivity contribution in [1.82, 2.24) is 4.98 Å². The Hall–Kier alpha value is -0.500. The average molecular weight is 174 g/mol. The summed E-state index contributed by atoms with van der Waals surface area (Å²) >= 11 is 0. The van der Waals surface area contributed by atoms with Gasteiger partial charge >= 0.3 is 0 Å². The van der Waals surface area contributed by atoms with E-state index in [1.54, 1.807) is 12.5 Å². The maximum absolute atomic E-state index is 5.21. The minimum absolute atomic E-state index is 0. The van der Waals surface area contributed by atoms with E-state index in [1.165, 1.54) is 25.7 Å². The van der Waals surface area contributed by atoms with Crippen LogP contribution in [-0.4, -0.2) is 4.98 Å². The quantitative estimate of drug-likeness (QED) is 0.653. The van der Waals surface area contributed by atoms with E-state index in [9.17, 15) is 0 Å². The van der Waals surface area contributed by atoms with Gasteiger partial charge in [-0.1, -0.05) is 12.8 Å². The third-order valence-electron chi connectivity index (χ3n) is 2.16. The van der Waals surface area contributed by atoms with Crippen molar-refractivity contribution in [1.29, 1.82) is 0 Å². The Morgan fingerprint density at radius 2 is 2.09 bits per heavy atom. The average Bonchev–Trinajstić information content (AvgIpc) is 2.59. The standard InChI is InChI=1S/C8H11NO.ClH/c1-2-4-7(3-1)8-9-5-6-10-8;/h5-7H,1-4H2;1H. The lowest BCUT2D eigenvalue weighted by Crippen LogP contribution is -1.90. The van der Waals surface area contributed by atoms with Crippen LogP contribution in [0.5, 0.6) is 0 Å². The molecule has 0 spiro atoms. The van der Waals surface area contributed by atoms with Crippen LogP contribution >= 0.6 is 12.4 Å². The Morgan fingerprint density at radius 3 is 2.64 bits per heavy atom. The molecule has 3 heteroatoms. The van der Waals surface area contributed by atoms with Crippen molar-refractivity contribution in [3.05, 3.63) is 18.4 Å². The summed E-state index contributed by atoms with van der Waals surface area (Å²) in [5, 5.41) is 0. The zero-order valence-corrected chi connectivity index (χ0v) is 7.14. The summed E-state index contributed by atoms with van der Waals surface area (Å²) in [4.78, 5) is 4.13. The topological polar surface area (TPSA) is 26.0 Å². The van der Waals surface area contributed by atoms with Crippen LogP contribution in [0.1, 0.15) is 37.5 Å². The second-order valence-electron chi connectivity index (χ2n) is 2.85. The van der Waals surface area contributed by atoms with Crippen molar-refractivity contribution in [3.63, 3.8) is 0 Å². The molecule has 0 N–H and O–H groups in total. The summed E-state index contributed by atoms with van der Waals surface area (Å²) < 4.78 is 5.21. The van der Waals surface area contributed by atoms with Gasteiger partial charge in [-0.25, -0.2) is 4.98 Å². The van der Waals surface area contributed by atoms with Crippen molar-refractivity contribution in [3.8, 4) is 0 Å². The molecule has 0 aliphatic heterocycles. The van der Waals surface area contributed by atoms with Crippen LogP contribution in [0.25, 0.3) is 0 Å². The molecule has 0 radical (unpaired) electrons. The van der Waals surface area contributed by atoms with Gasteiger partial charge in [0.1, 0.15) is 6.26 Å². The lowest BCUT2D eigenvalue weighted by Gasteiger charge is -2.00. The number of hydrogen-bond acceptors (Lipinski definition) is 2. The summed E-state index contributed by atoms with van der Waals surface area (Å²) in [6, 6.07) is 0. The highest BCUT2D eigenvalue weighted by atomic mass is 35.5. The minimum Gasteiger partial charge on any atom is -0.449 e. The molecule has 1 saturated carbocycles. The predicted octanol–water partition coefficient (Wildman–Crippen LogP) is 2.75. The van der Waals surface area contributed by atoms with E-state index >= 15 is 0 Å². The fraction of sp³-hybridized carbons (Fsp3) is 0.625. The molecule has 2 rings (SSSR count). The number of hydrogen-bond donors (Lipinski definition) is 0. The molecular weight excluding hydrogens is 162 g/mol. The van der Waals surface area contributed by atoms with Crippen LogP contribution in [0, 0.1) is 0 Å². The van der Waals surface area contributed by atoms with E-state index in [0.717, 1.165) is 5.89 Å². The van der Waals surface area contributed by atoms with Gasteiger partial charge in [-0.2, -0.15) is 0 Å². The molecule has 2 nitrogen and oxygen atoms in total. The Bertz CT molecular complexity index is 192. The zero-order valence-electron chi connectivity index (χ0n) is 6.32. The van der Waals surface area contributed by atoms with E-state index in [0.29, 0.717) is 5.92 Å². The normalized spacial score (nSPS) is 18.2. The Labute approximate surface area is 72.4 Å². The van der Waals surface area contributed by atoms with Crippen molar-refractivity contribution < 1.29 is 4.42 Å². The van der Waals surface area contributed by atoms with Crippen LogP contribution < -0.4 is 0 Å². The first-order valence-electron chi connectivity index (χ1n) is 3.86. The lowest BCUT2D eigenvalue weighted by atomic mass is 10.1. The molecule has 1 fully saturated rings. The monoisotopic (exact) mass is 173 g/mol. The minimum atomic E-state index is 0. The second kappa shape index (κ2) is 3.77. The number of halogens is 1. The van der Waals surface area contributed by atoms with Gasteiger partial charge < -0.3 is 4.42 Å². The van der Waals surface area contributed by atoms with E-state index in [1.807, 2.05) is 0 Å². The molecule has 62 valence electrons. The van der Waals surface area contributed by atoms with Crippen molar-refractivity contribution in [2.75, 3.05) is 0 Å². The molecule has 1 heterocycles. The molecule has 1 aliphatic carbocycles. The molecule has 0 atom stereocenters. The Morgan fingerprint density at radius 1 is 1.36 bits per heavy atom. The molecule has 1 aromatic heterocycles. The first-order valence-corrected chi connectivity index (χ1v) is 3.86. The molecule has 0 bridgehead atoms. The van der Waals surface area contributed by atoms with Crippen LogP contribution in [0.3, 0.4) is 0 Å². The SMILES string of the molecule is Cl.c1coc(C2CCCC2)n1. The van der Waals surface area contributed by atoms with Crippen LogP contribution in [-0.2, 0) is 0 Å². The maximum atomic E-state index is 5.21. The highest BCUT2D eigenvalue weighted by molar-refractivity contribution is 5.85. The highest BCUT2D eigenvalue weighted by Crippen LogP contribution is 2.32. The van der Waals surface area contributed by atoms with Gasteiger partial charge in [0.05, 0.1) is 6.20 Å². The largest absolute Gasteiger partial charge is 0.449 e. The first-order chi connectivity index (χ1) is 4.97. The van der Waals surface area contributed by atoms with E-state index in [-0.39, 0.29) is 12.4 Å². The van der Waals surface area contributed by atoms with E-state index < -0.39 is 0 Å². The van der Waals surface area contributed by atoms with Gasteiger partial charge in [0.25, 0.3) is 0 Å². The molecule has 0 saturated heterocycles. The summed E-state index contributed by atoms with van der Waals surface area (Å²) in [5.74, 6) is 1.56. The van der Waals surface area contributed by atoms with Gasteiger partial charge in [0.15, 0.2) is 5.89 Å². The fourth-order valence-electron chi connectivity index (χ4n) is 1.61. The summed E-state index contributed by atoms with van der Waals surface area (Å²) in [7, 11) is 0. The third-order valence-corrected chi connectivity index (χ3v) is 2.16. The number of aromatic nitrogens is 1. The molecule has 0 unspecified atom stereocenters. The van der Waals surface area contributed by atoms with Crippen molar-refractivity contribution in [2.45, 2.75) is 31.6 Å². The summed E-state index contributed by atoms with van der Waals surface area (Å²) in [6.07, 6.45) is 8.60. The Kier molecular flexibility index (Phi) is 2.94. The van der Waals surface area contributed by atoms with Gasteiger partial charge in [0.2, 0.25) is 0 Å². The summed E-state index contributed by atoms with van der Waals surface area (Å²) in [5.41, 5.74) is 0. The first kappa shape index (κ1) is 8.60. The molecule has 0 aromatic carbocycles. The summed E-state index contributed by atoms with van der Waals surface area (Å²) in [6.45, 7) is 0. The second-order valence-corrected chi connectivity index (χ2v) is 2.85. The zero-order chi connectivity index (χ0) is 6.81. The third kappa shape index (κ3) is 1.74. The fourth-order valence-corrected chi connectivity index (χ4v) is 1.61. The van der Waals surface area contributed by atoms with Gasteiger partial charge in [-0.15, -0.1) is 12.4 Å². The van der Waals surface area contributed by atoms with Crippen molar-refractivity contribution in [2.24, 2.45) is 0 Å². The van der Waals surface area contributed by atoms with E-state index in [4.69, 9.17) is 4.42 Å². The Balaban J connectivity index is 0.000000605. The van der Waals surface area contributed by atoms with Crippen molar-refractivity contribution >= 4 is 12.4 Å². The smallest absolute Gasteiger partial charge is 0.197 e. The lowest BCUT2D eigenvalue weighted by molar-refractivity contribution is 0.448. The van der Waals surface area contributed by atoms with Gasteiger partial charge in [0, 0.05) is 5.92 Å². The number of nitrogens with zero attached hydrogens (tertiary/aromatic N) is 1.